The van der Waals surface area contributed by atoms with Gasteiger partial charge in [0.25, 0.3) is 0 Å². The molecule has 1 aliphatic rings. The number of hydrogen-bond donors (Lipinski definition) is 3. The second kappa shape index (κ2) is 9.88. The summed E-state index contributed by atoms with van der Waals surface area (Å²) in [5, 5.41) is 10.1. The third-order valence-corrected chi connectivity index (χ3v) is 2.75. The summed E-state index contributed by atoms with van der Waals surface area (Å²) in [6.07, 6.45) is 2.89. The molecule has 0 amide bonds. The molecular weight excluding hydrogens is 230 g/mol. The van der Waals surface area contributed by atoms with Crippen LogP contribution in [0.25, 0.3) is 0 Å². The van der Waals surface area contributed by atoms with Crippen LogP contribution in [0.15, 0.2) is 4.99 Å². The largest absolute Gasteiger partial charge is 0.380 e. The second-order valence-electron chi connectivity index (χ2n) is 3.80. The summed E-state index contributed by atoms with van der Waals surface area (Å²) in [4.78, 5) is 15.2. The smallest absolute Gasteiger partial charge is 0.186 e. The predicted octanol–water partition coefficient (Wildman–Crippen LogP) is 1.57. The molecule has 5 N–H and O–H groups in total. The fourth-order valence-electron chi connectivity index (χ4n) is 1.90. The van der Waals surface area contributed by atoms with E-state index in [1.807, 2.05) is 27.7 Å². The number of carbonyl (C=O) groups excluding carboxylic acids is 1. The lowest BCUT2D eigenvalue weighted by Crippen LogP contribution is -2.50. The number of ketones is 1. The second-order valence-corrected chi connectivity index (χ2v) is 3.80. The van der Waals surface area contributed by atoms with Crippen molar-refractivity contribution < 1.29 is 9.90 Å². The topological polar surface area (TPSA) is 102 Å². The van der Waals surface area contributed by atoms with E-state index >= 15 is 0 Å². The van der Waals surface area contributed by atoms with E-state index in [-0.39, 0.29) is 11.7 Å². The molecular formula is C13H29N3O2. The van der Waals surface area contributed by atoms with Crippen LogP contribution in [0, 0.1) is 0 Å². The van der Waals surface area contributed by atoms with Crippen molar-refractivity contribution in [3.8, 4) is 0 Å². The molecule has 5 nitrogen and oxygen atoms in total. The van der Waals surface area contributed by atoms with Gasteiger partial charge >= 0.3 is 0 Å². The van der Waals surface area contributed by atoms with Crippen LogP contribution in [0.5, 0.6) is 0 Å². The van der Waals surface area contributed by atoms with E-state index in [4.69, 9.17) is 11.5 Å². The highest BCUT2D eigenvalue weighted by molar-refractivity contribution is 5.86. The lowest BCUT2D eigenvalue weighted by atomic mass is 9.78. The molecule has 2 atom stereocenters. The maximum absolute atomic E-state index is 11.3. The summed E-state index contributed by atoms with van der Waals surface area (Å²) < 4.78 is 0. The van der Waals surface area contributed by atoms with Crippen LogP contribution in [0.3, 0.4) is 0 Å². The average molecular weight is 259 g/mol. The van der Waals surface area contributed by atoms with Crippen molar-refractivity contribution in [2.24, 2.45) is 16.5 Å². The summed E-state index contributed by atoms with van der Waals surface area (Å²) in [5.41, 5.74) is 9.14. The lowest BCUT2D eigenvalue weighted by molar-refractivity contribution is -0.140. The first kappa shape index (κ1) is 19.2. The van der Waals surface area contributed by atoms with E-state index in [0.717, 1.165) is 12.8 Å². The van der Waals surface area contributed by atoms with Gasteiger partial charge in [-0.15, -0.1) is 0 Å². The molecule has 0 spiro atoms. The molecule has 1 aliphatic carbocycles. The lowest BCUT2D eigenvalue weighted by Gasteiger charge is -2.35. The highest BCUT2D eigenvalue weighted by Crippen LogP contribution is 2.31. The maximum Gasteiger partial charge on any atom is 0.186 e. The van der Waals surface area contributed by atoms with Crippen molar-refractivity contribution in [1.82, 2.24) is 0 Å². The van der Waals surface area contributed by atoms with Crippen LogP contribution < -0.4 is 11.5 Å². The van der Waals surface area contributed by atoms with E-state index < -0.39 is 11.6 Å². The van der Waals surface area contributed by atoms with Crippen molar-refractivity contribution in [3.05, 3.63) is 0 Å². The van der Waals surface area contributed by atoms with Crippen LogP contribution in [-0.4, -0.2) is 28.5 Å². The van der Waals surface area contributed by atoms with Gasteiger partial charge in [-0.1, -0.05) is 34.1 Å². The summed E-state index contributed by atoms with van der Waals surface area (Å²) in [6.45, 7) is 9.38. The Hall–Kier alpha value is -1.10. The Labute approximate surface area is 111 Å². The Morgan fingerprint density at radius 2 is 1.72 bits per heavy atom. The van der Waals surface area contributed by atoms with Crippen LogP contribution in [0.2, 0.25) is 0 Å². The number of hydrogen-bond acceptors (Lipinski definition) is 3. The van der Waals surface area contributed by atoms with Gasteiger partial charge in [-0.2, -0.15) is 0 Å². The first-order chi connectivity index (χ1) is 8.47. The summed E-state index contributed by atoms with van der Waals surface area (Å²) in [5.74, 6) is -0.330. The Morgan fingerprint density at radius 3 is 2.11 bits per heavy atom. The molecule has 1 saturated carbocycles. The van der Waals surface area contributed by atoms with Crippen LogP contribution in [0.1, 0.15) is 60.3 Å². The van der Waals surface area contributed by atoms with E-state index in [2.05, 4.69) is 4.99 Å². The van der Waals surface area contributed by atoms with Gasteiger partial charge in [0, 0.05) is 0 Å². The van der Waals surface area contributed by atoms with Crippen molar-refractivity contribution >= 4 is 11.7 Å². The first-order valence-corrected chi connectivity index (χ1v) is 6.79. The van der Waals surface area contributed by atoms with E-state index in [1.54, 1.807) is 0 Å². The Morgan fingerprint density at radius 1 is 1.22 bits per heavy atom. The first-order valence-electron chi connectivity index (χ1n) is 6.79. The number of nitrogens with zero attached hydrogens (tertiary/aromatic N) is 1. The zero-order chi connectivity index (χ0) is 14.8. The number of carbonyl (C=O) groups is 1. The third kappa shape index (κ3) is 5.49. The molecule has 2 unspecified atom stereocenters. The highest BCUT2D eigenvalue weighted by Gasteiger charge is 2.43. The van der Waals surface area contributed by atoms with E-state index in [1.165, 1.54) is 6.92 Å². The minimum Gasteiger partial charge on any atom is -0.380 e. The van der Waals surface area contributed by atoms with Crippen molar-refractivity contribution in [2.75, 3.05) is 0 Å². The number of guanidine groups is 1. The SMILES string of the molecule is CC.CC.CC(=O)C1(O)CCCCC1N=C(N)N. The molecule has 0 radical (unpaired) electrons. The van der Waals surface area contributed by atoms with Gasteiger partial charge in [-0.3, -0.25) is 4.79 Å². The summed E-state index contributed by atoms with van der Waals surface area (Å²) in [7, 11) is 0. The molecule has 1 fully saturated rings. The van der Waals surface area contributed by atoms with Crippen LogP contribution in [0.4, 0.5) is 0 Å². The van der Waals surface area contributed by atoms with Crippen molar-refractivity contribution in [1.29, 1.82) is 0 Å². The number of Topliss-reactive ketones (excluding diaryl/α,β-unsaturated/α-hetero) is 1. The number of aliphatic imine (C=N–C) groups is 1. The zero-order valence-electron chi connectivity index (χ0n) is 12.4. The van der Waals surface area contributed by atoms with E-state index in [9.17, 15) is 9.90 Å². The van der Waals surface area contributed by atoms with Gasteiger partial charge in [-0.05, 0) is 26.2 Å². The fraction of sp³-hybridized carbons (Fsp3) is 0.846. The van der Waals surface area contributed by atoms with E-state index in [0.29, 0.717) is 12.8 Å². The minimum atomic E-state index is -1.36. The van der Waals surface area contributed by atoms with Crippen LogP contribution >= 0.6 is 0 Å². The predicted molar refractivity (Wildman–Crippen MR) is 76.4 cm³/mol. The number of nitrogens with two attached hydrogens (primary N) is 2. The molecule has 0 aromatic rings. The molecule has 0 aromatic carbocycles. The Balaban J connectivity index is 0. The van der Waals surface area contributed by atoms with Gasteiger partial charge in [0.1, 0.15) is 5.60 Å². The maximum atomic E-state index is 11.3. The summed E-state index contributed by atoms with van der Waals surface area (Å²) >= 11 is 0. The molecule has 0 heterocycles. The van der Waals surface area contributed by atoms with Gasteiger partial charge in [0.15, 0.2) is 11.7 Å². The van der Waals surface area contributed by atoms with Gasteiger partial charge < -0.3 is 16.6 Å². The molecule has 1 rings (SSSR count). The van der Waals surface area contributed by atoms with Gasteiger partial charge in [0.2, 0.25) is 0 Å². The van der Waals surface area contributed by atoms with Gasteiger partial charge in [-0.25, -0.2) is 4.99 Å². The number of aliphatic hydroxyl groups is 1. The zero-order valence-corrected chi connectivity index (χ0v) is 12.4. The average Bonchev–Trinajstić information content (AvgIpc) is 2.36. The number of rotatable bonds is 2. The molecule has 0 saturated heterocycles. The minimum absolute atomic E-state index is 0.0726. The Bertz CT molecular complexity index is 263. The molecule has 0 aliphatic heterocycles. The molecule has 5 heteroatoms. The van der Waals surface area contributed by atoms with Crippen molar-refractivity contribution in [2.45, 2.75) is 71.9 Å². The quantitative estimate of drug-likeness (QED) is 0.517. The van der Waals surface area contributed by atoms with Gasteiger partial charge in [0.05, 0.1) is 6.04 Å². The highest BCUT2D eigenvalue weighted by atomic mass is 16.3. The molecule has 108 valence electrons. The third-order valence-electron chi connectivity index (χ3n) is 2.75. The normalized spacial score (nSPS) is 25.8. The molecule has 0 bridgehead atoms. The standard InChI is InChI=1S/C9H17N3O2.2C2H6/c1-6(13)9(14)5-3-2-4-7(9)12-8(10)11;2*1-2/h7,14H,2-5H2,1H3,(H4,10,11,12);2*1-2H3. The van der Waals surface area contributed by atoms with Crippen LogP contribution in [-0.2, 0) is 4.79 Å². The summed E-state index contributed by atoms with van der Waals surface area (Å²) in [6, 6.07) is -0.473. The van der Waals surface area contributed by atoms with Crippen molar-refractivity contribution in [3.63, 3.8) is 0 Å². The molecule has 18 heavy (non-hydrogen) atoms. The monoisotopic (exact) mass is 259 g/mol. The fourth-order valence-corrected chi connectivity index (χ4v) is 1.90. The Kier molecular flexibility index (Phi) is 10.6. The molecule has 0 aromatic heterocycles.